The summed E-state index contributed by atoms with van der Waals surface area (Å²) >= 11 is 0. The normalized spacial score (nSPS) is 25.5. The Kier molecular flexibility index (Phi) is 3.98. The monoisotopic (exact) mass is 290 g/mol. The molecule has 2 aliphatic rings. The molecule has 0 saturated carbocycles. The molecule has 6 nitrogen and oxygen atoms in total. The first-order valence-electron chi connectivity index (χ1n) is 7.42. The minimum atomic E-state index is -0.181. The van der Waals surface area contributed by atoms with Crippen LogP contribution in [0.2, 0.25) is 0 Å². The zero-order valence-electron chi connectivity index (χ0n) is 12.0. The van der Waals surface area contributed by atoms with Crippen LogP contribution in [0.15, 0.2) is 18.2 Å². The molecule has 0 spiro atoms. The van der Waals surface area contributed by atoms with E-state index in [1.807, 2.05) is 0 Å². The number of rotatable bonds is 3. The van der Waals surface area contributed by atoms with E-state index in [4.69, 9.17) is 16.2 Å². The Hall–Kier alpha value is -1.79. The van der Waals surface area contributed by atoms with Crippen molar-refractivity contribution in [1.29, 1.82) is 0 Å². The van der Waals surface area contributed by atoms with E-state index in [2.05, 4.69) is 10.2 Å². The Bertz CT molecular complexity index is 534. The van der Waals surface area contributed by atoms with E-state index in [9.17, 15) is 4.79 Å². The fraction of sp³-hybridized carbons (Fsp3) is 0.533. The third-order valence-electron chi connectivity index (χ3n) is 4.27. The first-order chi connectivity index (χ1) is 10.1. The second kappa shape index (κ2) is 5.91. The van der Waals surface area contributed by atoms with E-state index >= 15 is 0 Å². The molecule has 0 bridgehead atoms. The molecule has 0 aliphatic carbocycles. The van der Waals surface area contributed by atoms with Crippen LogP contribution in [-0.2, 0) is 4.74 Å². The maximum Gasteiger partial charge on any atom is 0.253 e. The number of nitrogens with one attached hydrogen (secondary N) is 1. The smallest absolute Gasteiger partial charge is 0.253 e. The molecule has 5 N–H and O–H groups in total. The number of hydrogen-bond acceptors (Lipinski definition) is 5. The van der Waals surface area contributed by atoms with Crippen LogP contribution in [0.1, 0.15) is 23.2 Å². The van der Waals surface area contributed by atoms with Crippen molar-refractivity contribution in [2.75, 3.05) is 37.7 Å². The number of nitrogens with zero attached hydrogens (tertiary/aromatic N) is 1. The molecule has 114 valence electrons. The first-order valence-corrected chi connectivity index (χ1v) is 7.42. The van der Waals surface area contributed by atoms with Crippen LogP contribution in [0.5, 0.6) is 0 Å². The van der Waals surface area contributed by atoms with Gasteiger partial charge in [0.2, 0.25) is 0 Å². The highest BCUT2D eigenvalue weighted by Gasteiger charge is 2.32. The second-order valence-electron chi connectivity index (χ2n) is 5.80. The SMILES string of the molecule is Nc1ccc(C(=O)NCC2CN3CCCC3CO2)c(N)c1. The molecule has 0 aromatic heterocycles. The number of amides is 1. The van der Waals surface area contributed by atoms with Crippen LogP contribution in [0.25, 0.3) is 0 Å². The molecule has 2 atom stereocenters. The maximum atomic E-state index is 12.1. The molecular weight excluding hydrogens is 268 g/mol. The minimum absolute atomic E-state index is 0.0540. The van der Waals surface area contributed by atoms with E-state index < -0.39 is 0 Å². The first kappa shape index (κ1) is 14.2. The van der Waals surface area contributed by atoms with Gasteiger partial charge < -0.3 is 21.5 Å². The predicted molar refractivity (Wildman–Crippen MR) is 81.9 cm³/mol. The summed E-state index contributed by atoms with van der Waals surface area (Å²) in [5, 5.41) is 2.90. The fourth-order valence-corrected chi connectivity index (χ4v) is 3.10. The number of carbonyl (C=O) groups is 1. The van der Waals surface area contributed by atoms with Gasteiger partial charge in [-0.2, -0.15) is 0 Å². The third kappa shape index (κ3) is 3.11. The predicted octanol–water partition coefficient (Wildman–Crippen LogP) is 0.444. The highest BCUT2D eigenvalue weighted by molar-refractivity contribution is 5.99. The molecule has 1 aromatic carbocycles. The van der Waals surface area contributed by atoms with Gasteiger partial charge in [-0.05, 0) is 37.6 Å². The molecule has 6 heteroatoms. The number of hydrogen-bond donors (Lipinski definition) is 3. The molecule has 2 heterocycles. The molecular formula is C15H22N4O2. The summed E-state index contributed by atoms with van der Waals surface area (Å²) < 4.78 is 5.82. The van der Waals surface area contributed by atoms with Crippen molar-refractivity contribution in [3.63, 3.8) is 0 Å². The van der Waals surface area contributed by atoms with Crippen molar-refractivity contribution < 1.29 is 9.53 Å². The summed E-state index contributed by atoms with van der Waals surface area (Å²) in [5.41, 5.74) is 12.9. The lowest BCUT2D eigenvalue weighted by molar-refractivity contribution is -0.0461. The third-order valence-corrected chi connectivity index (χ3v) is 4.27. The highest BCUT2D eigenvalue weighted by atomic mass is 16.5. The number of morpholine rings is 1. The molecule has 1 aromatic rings. The number of benzene rings is 1. The quantitative estimate of drug-likeness (QED) is 0.703. The molecule has 2 unspecified atom stereocenters. The van der Waals surface area contributed by atoms with Gasteiger partial charge in [-0.25, -0.2) is 0 Å². The molecule has 3 rings (SSSR count). The number of anilines is 2. The number of nitrogens with two attached hydrogens (primary N) is 2. The Morgan fingerprint density at radius 1 is 1.43 bits per heavy atom. The Labute approximate surface area is 124 Å². The molecule has 2 fully saturated rings. The standard InChI is InChI=1S/C15H22N4O2/c16-10-3-4-13(14(17)6-10)15(20)18-7-12-8-19-5-1-2-11(19)9-21-12/h3-4,6,11-12H,1-2,5,7-9,16-17H2,(H,18,20). The van der Waals surface area contributed by atoms with Crippen molar-refractivity contribution in [3.8, 4) is 0 Å². The van der Waals surface area contributed by atoms with Crippen LogP contribution < -0.4 is 16.8 Å². The number of carbonyl (C=O) groups excluding carboxylic acids is 1. The van der Waals surface area contributed by atoms with Gasteiger partial charge in [0.15, 0.2) is 0 Å². The van der Waals surface area contributed by atoms with Gasteiger partial charge in [0, 0.05) is 30.5 Å². The lowest BCUT2D eigenvalue weighted by Crippen LogP contribution is -2.50. The van der Waals surface area contributed by atoms with Crippen LogP contribution in [0, 0.1) is 0 Å². The van der Waals surface area contributed by atoms with Crippen molar-refractivity contribution in [3.05, 3.63) is 23.8 Å². The number of fused-ring (bicyclic) bond motifs is 1. The summed E-state index contributed by atoms with van der Waals surface area (Å²) in [5.74, 6) is -0.181. The molecule has 2 saturated heterocycles. The lowest BCUT2D eigenvalue weighted by atomic mass is 10.1. The summed E-state index contributed by atoms with van der Waals surface area (Å²) in [4.78, 5) is 14.6. The Balaban J connectivity index is 1.54. The Morgan fingerprint density at radius 3 is 3.10 bits per heavy atom. The minimum Gasteiger partial charge on any atom is -0.399 e. The molecule has 1 amide bonds. The number of ether oxygens (including phenoxy) is 1. The highest BCUT2D eigenvalue weighted by Crippen LogP contribution is 2.22. The largest absolute Gasteiger partial charge is 0.399 e. The van der Waals surface area contributed by atoms with Crippen LogP contribution in [0.4, 0.5) is 11.4 Å². The number of nitrogen functional groups attached to an aromatic ring is 2. The summed E-state index contributed by atoms with van der Waals surface area (Å²) in [6.07, 6.45) is 2.52. The topological polar surface area (TPSA) is 93.6 Å². The van der Waals surface area contributed by atoms with Gasteiger partial charge in [0.25, 0.3) is 5.91 Å². The molecule has 2 aliphatic heterocycles. The average molecular weight is 290 g/mol. The maximum absolute atomic E-state index is 12.1. The van der Waals surface area contributed by atoms with E-state index in [1.54, 1.807) is 18.2 Å². The Morgan fingerprint density at radius 2 is 2.29 bits per heavy atom. The zero-order chi connectivity index (χ0) is 14.8. The fourth-order valence-electron chi connectivity index (χ4n) is 3.10. The summed E-state index contributed by atoms with van der Waals surface area (Å²) in [6.45, 7) is 3.31. The van der Waals surface area contributed by atoms with Crippen molar-refractivity contribution in [1.82, 2.24) is 10.2 Å². The van der Waals surface area contributed by atoms with Gasteiger partial charge in [-0.1, -0.05) is 0 Å². The molecule has 0 radical (unpaired) electrons. The van der Waals surface area contributed by atoms with Gasteiger partial charge in [0.05, 0.1) is 18.3 Å². The van der Waals surface area contributed by atoms with Crippen molar-refractivity contribution in [2.24, 2.45) is 0 Å². The molecule has 21 heavy (non-hydrogen) atoms. The zero-order valence-corrected chi connectivity index (χ0v) is 12.0. The summed E-state index contributed by atoms with van der Waals surface area (Å²) in [6, 6.07) is 5.50. The average Bonchev–Trinajstić information content (AvgIpc) is 2.92. The summed E-state index contributed by atoms with van der Waals surface area (Å²) in [7, 11) is 0. The van der Waals surface area contributed by atoms with Gasteiger partial charge in [0.1, 0.15) is 0 Å². The van der Waals surface area contributed by atoms with Gasteiger partial charge in [-0.15, -0.1) is 0 Å². The van der Waals surface area contributed by atoms with E-state index in [0.717, 1.165) is 19.7 Å². The second-order valence-corrected chi connectivity index (χ2v) is 5.80. The van der Waals surface area contributed by atoms with Crippen LogP contribution >= 0.6 is 0 Å². The van der Waals surface area contributed by atoms with Gasteiger partial charge in [-0.3, -0.25) is 9.69 Å². The van der Waals surface area contributed by atoms with Crippen molar-refractivity contribution >= 4 is 17.3 Å². The van der Waals surface area contributed by atoms with Crippen LogP contribution in [-0.4, -0.2) is 49.2 Å². The van der Waals surface area contributed by atoms with Crippen molar-refractivity contribution in [2.45, 2.75) is 25.0 Å². The van der Waals surface area contributed by atoms with Gasteiger partial charge >= 0.3 is 0 Å². The van der Waals surface area contributed by atoms with Crippen LogP contribution in [0.3, 0.4) is 0 Å². The lowest BCUT2D eigenvalue weighted by Gasteiger charge is -2.35. The van der Waals surface area contributed by atoms with E-state index in [-0.39, 0.29) is 12.0 Å². The van der Waals surface area contributed by atoms with E-state index in [1.165, 1.54) is 12.8 Å². The van der Waals surface area contributed by atoms with E-state index in [0.29, 0.717) is 29.5 Å².